The van der Waals surface area contributed by atoms with Crippen LogP contribution in [0.3, 0.4) is 0 Å². The van der Waals surface area contributed by atoms with E-state index in [1.165, 1.54) is 16.7 Å². The van der Waals surface area contributed by atoms with E-state index in [1.807, 2.05) is 49.4 Å². The summed E-state index contributed by atoms with van der Waals surface area (Å²) in [6, 6.07) is 13.0. The Labute approximate surface area is 214 Å². The molecule has 3 rings (SSSR count). The molecule has 0 spiro atoms. The molecule has 0 radical (unpaired) electrons. The van der Waals surface area contributed by atoms with Crippen LogP contribution in [0.25, 0.3) is 6.08 Å². The molecule has 34 heavy (non-hydrogen) atoms. The van der Waals surface area contributed by atoms with Crippen LogP contribution < -0.4 is 9.47 Å². The van der Waals surface area contributed by atoms with E-state index < -0.39 is 0 Å². The van der Waals surface area contributed by atoms with E-state index in [0.29, 0.717) is 58.5 Å². The third-order valence-corrected chi connectivity index (χ3v) is 6.59. The maximum absolute atomic E-state index is 12.9. The summed E-state index contributed by atoms with van der Waals surface area (Å²) in [7, 11) is 0. The first-order valence-corrected chi connectivity index (χ1v) is 12.6. The molecule has 6 nitrogen and oxygen atoms in total. The number of rotatable bonds is 11. The van der Waals surface area contributed by atoms with Crippen LogP contribution in [0.5, 0.6) is 11.5 Å². The van der Waals surface area contributed by atoms with Crippen LogP contribution in [-0.4, -0.2) is 40.9 Å². The maximum Gasteiger partial charge on any atom is 0.305 e. The number of amides is 1. The van der Waals surface area contributed by atoms with Crippen LogP contribution in [-0.2, 0) is 20.9 Å². The van der Waals surface area contributed by atoms with Crippen LogP contribution in [0, 0.1) is 0 Å². The van der Waals surface area contributed by atoms with Gasteiger partial charge in [0.15, 0.2) is 11.5 Å². The Hall–Kier alpha value is -2.55. The number of halogens is 1. The molecule has 9 heteroatoms. The van der Waals surface area contributed by atoms with Crippen molar-refractivity contribution in [2.45, 2.75) is 33.3 Å². The fourth-order valence-electron chi connectivity index (χ4n) is 3.23. The zero-order valence-corrected chi connectivity index (χ0v) is 21.4. The fourth-order valence-corrected chi connectivity index (χ4v) is 4.73. The van der Waals surface area contributed by atoms with Crippen molar-refractivity contribution in [3.05, 3.63) is 63.5 Å². The largest absolute Gasteiger partial charge is 0.490 e. The molecule has 0 saturated carbocycles. The summed E-state index contributed by atoms with van der Waals surface area (Å²) < 4.78 is 17.1. The molecule has 0 N–H and O–H groups in total. The van der Waals surface area contributed by atoms with Gasteiger partial charge in [0.05, 0.1) is 18.1 Å². The molecule has 1 saturated heterocycles. The van der Waals surface area contributed by atoms with Crippen LogP contribution in [0.1, 0.15) is 37.8 Å². The predicted octanol–water partition coefficient (Wildman–Crippen LogP) is 5.86. The van der Waals surface area contributed by atoms with Gasteiger partial charge < -0.3 is 14.2 Å². The molecule has 1 fully saturated rings. The third kappa shape index (κ3) is 6.98. The number of hydrogen-bond donors (Lipinski definition) is 0. The average Bonchev–Trinajstić information content (AvgIpc) is 3.07. The van der Waals surface area contributed by atoms with Crippen LogP contribution >= 0.6 is 35.6 Å². The molecule has 0 aromatic heterocycles. The molecule has 1 heterocycles. The minimum atomic E-state index is -0.274. The Balaban J connectivity index is 1.69. The third-order valence-electron chi connectivity index (χ3n) is 4.85. The molecule has 0 bridgehead atoms. The molecule has 0 unspecified atom stereocenters. The van der Waals surface area contributed by atoms with Crippen LogP contribution in [0.2, 0.25) is 5.02 Å². The van der Waals surface area contributed by atoms with E-state index in [9.17, 15) is 9.59 Å². The predicted molar refractivity (Wildman–Crippen MR) is 139 cm³/mol. The standard InChI is InChI=1S/C25H26ClNO5S2/c1-3-30-21-14-17(11-12-20(21)32-16-18-8-5-6-9-19(18)26)15-22-24(29)27(25(33)34-22)13-7-10-23(28)31-4-2/h5-6,8-9,11-12,14-15H,3-4,7,10,13,16H2,1-2H3/b22-15-. The molecule has 2 aromatic carbocycles. The number of carbonyl (C=O) groups excluding carboxylic acids is 2. The molecule has 2 aromatic rings. The second-order valence-corrected chi connectivity index (χ2v) is 9.34. The van der Waals surface area contributed by atoms with Crippen LogP contribution in [0.4, 0.5) is 0 Å². The number of ether oxygens (including phenoxy) is 3. The number of benzene rings is 2. The van der Waals surface area contributed by atoms with E-state index in [2.05, 4.69) is 0 Å². The molecule has 1 aliphatic heterocycles. The van der Waals surface area contributed by atoms with Gasteiger partial charge in [-0.1, -0.05) is 59.8 Å². The Morgan fingerprint density at radius 2 is 1.91 bits per heavy atom. The molecule has 0 atom stereocenters. The summed E-state index contributed by atoms with van der Waals surface area (Å²) >= 11 is 12.8. The van der Waals surface area contributed by atoms with E-state index in [4.69, 9.17) is 38.0 Å². The van der Waals surface area contributed by atoms with Gasteiger partial charge in [-0.2, -0.15) is 0 Å². The summed E-state index contributed by atoms with van der Waals surface area (Å²) in [4.78, 5) is 26.4. The summed E-state index contributed by atoms with van der Waals surface area (Å²) in [6.45, 7) is 5.15. The zero-order chi connectivity index (χ0) is 24.5. The van der Waals surface area contributed by atoms with Crippen molar-refractivity contribution in [2.24, 2.45) is 0 Å². The van der Waals surface area contributed by atoms with Crippen molar-refractivity contribution in [3.8, 4) is 11.5 Å². The second-order valence-electron chi connectivity index (χ2n) is 7.26. The number of hydrogen-bond acceptors (Lipinski definition) is 7. The molecule has 180 valence electrons. The number of thiocarbonyl (C=S) groups is 1. The lowest BCUT2D eigenvalue weighted by atomic mass is 10.1. The Morgan fingerprint density at radius 3 is 2.65 bits per heavy atom. The number of carbonyl (C=O) groups is 2. The molecular formula is C25H26ClNO5S2. The van der Waals surface area contributed by atoms with Gasteiger partial charge in [-0.15, -0.1) is 0 Å². The van der Waals surface area contributed by atoms with E-state index >= 15 is 0 Å². The Kier molecular flexibility index (Phi) is 9.80. The van der Waals surface area contributed by atoms with Crippen molar-refractivity contribution in [3.63, 3.8) is 0 Å². The van der Waals surface area contributed by atoms with E-state index in [0.717, 1.165) is 11.1 Å². The van der Waals surface area contributed by atoms with Gasteiger partial charge in [0.1, 0.15) is 10.9 Å². The molecule has 0 aliphatic carbocycles. The lowest BCUT2D eigenvalue weighted by Crippen LogP contribution is -2.29. The number of thioether (sulfide) groups is 1. The van der Waals surface area contributed by atoms with E-state index in [1.54, 1.807) is 13.0 Å². The first kappa shape index (κ1) is 26.1. The highest BCUT2D eigenvalue weighted by molar-refractivity contribution is 8.26. The highest BCUT2D eigenvalue weighted by Gasteiger charge is 2.31. The maximum atomic E-state index is 12.9. The van der Waals surface area contributed by atoms with Gasteiger partial charge in [0.25, 0.3) is 5.91 Å². The van der Waals surface area contributed by atoms with Crippen molar-refractivity contribution in [2.75, 3.05) is 19.8 Å². The van der Waals surface area contributed by atoms with Gasteiger partial charge in [-0.25, -0.2) is 0 Å². The minimum absolute atomic E-state index is 0.170. The first-order valence-electron chi connectivity index (χ1n) is 11.0. The second kappa shape index (κ2) is 12.8. The minimum Gasteiger partial charge on any atom is -0.490 e. The number of esters is 1. The summed E-state index contributed by atoms with van der Waals surface area (Å²) in [6.07, 6.45) is 2.52. The quantitative estimate of drug-likeness (QED) is 0.209. The van der Waals surface area contributed by atoms with Gasteiger partial charge in [0.2, 0.25) is 0 Å². The van der Waals surface area contributed by atoms with Gasteiger partial charge in [-0.05, 0) is 50.1 Å². The van der Waals surface area contributed by atoms with E-state index in [-0.39, 0.29) is 18.3 Å². The monoisotopic (exact) mass is 519 g/mol. The van der Waals surface area contributed by atoms with Crippen LogP contribution in [0.15, 0.2) is 47.4 Å². The highest BCUT2D eigenvalue weighted by Crippen LogP contribution is 2.35. The first-order chi connectivity index (χ1) is 16.4. The van der Waals surface area contributed by atoms with Gasteiger partial charge in [-0.3, -0.25) is 14.5 Å². The Bertz CT molecular complexity index is 1090. The summed E-state index contributed by atoms with van der Waals surface area (Å²) in [5.41, 5.74) is 1.67. The van der Waals surface area contributed by atoms with Crippen molar-refractivity contribution >= 4 is 57.9 Å². The average molecular weight is 520 g/mol. The SMILES string of the molecule is CCOC(=O)CCCN1C(=O)/C(=C/c2ccc(OCc3ccccc3Cl)c(OCC)c2)SC1=S. The highest BCUT2D eigenvalue weighted by atomic mass is 35.5. The summed E-state index contributed by atoms with van der Waals surface area (Å²) in [5.74, 6) is 0.721. The molecule has 1 amide bonds. The normalized spacial score (nSPS) is 14.6. The fraction of sp³-hybridized carbons (Fsp3) is 0.320. The number of nitrogens with zero attached hydrogens (tertiary/aromatic N) is 1. The lowest BCUT2D eigenvalue weighted by molar-refractivity contribution is -0.143. The topological polar surface area (TPSA) is 65.1 Å². The molecular weight excluding hydrogens is 494 g/mol. The zero-order valence-electron chi connectivity index (χ0n) is 19.0. The van der Waals surface area contributed by atoms with Gasteiger partial charge >= 0.3 is 5.97 Å². The van der Waals surface area contributed by atoms with Crippen molar-refractivity contribution in [1.29, 1.82) is 0 Å². The Morgan fingerprint density at radius 1 is 1.12 bits per heavy atom. The lowest BCUT2D eigenvalue weighted by Gasteiger charge is -2.14. The van der Waals surface area contributed by atoms with Crippen molar-refractivity contribution < 1.29 is 23.8 Å². The molecule has 1 aliphatic rings. The van der Waals surface area contributed by atoms with Crippen molar-refractivity contribution in [1.82, 2.24) is 4.90 Å². The van der Waals surface area contributed by atoms with Gasteiger partial charge in [0, 0.05) is 23.6 Å². The smallest absolute Gasteiger partial charge is 0.305 e. The summed E-state index contributed by atoms with van der Waals surface area (Å²) in [5, 5.41) is 0.640.